The standard InChI is InChI=1S/C16H20ClNO/c1-4-14(3)15(9-8-13(2)11-17)12-18-10-6-5-7-16(18)19/h5-10H,3-4,11-12H2,1-2H3. The summed E-state index contributed by atoms with van der Waals surface area (Å²) in [6.45, 7) is 8.63. The van der Waals surface area contributed by atoms with Crippen molar-refractivity contribution in [1.29, 1.82) is 0 Å². The highest BCUT2D eigenvalue weighted by atomic mass is 35.5. The molecule has 0 atom stereocenters. The molecular formula is C16H20ClNO. The molecule has 19 heavy (non-hydrogen) atoms. The number of nitrogens with zero attached hydrogens (tertiary/aromatic N) is 1. The maximum absolute atomic E-state index is 11.7. The fraction of sp³-hybridized carbons (Fsp3) is 0.312. The number of rotatable bonds is 6. The van der Waals surface area contributed by atoms with Crippen LogP contribution in [0.3, 0.4) is 0 Å². The summed E-state index contributed by atoms with van der Waals surface area (Å²) in [5, 5.41) is 0. The zero-order valence-corrected chi connectivity index (χ0v) is 12.3. The van der Waals surface area contributed by atoms with E-state index < -0.39 is 0 Å². The maximum Gasteiger partial charge on any atom is 0.250 e. The van der Waals surface area contributed by atoms with E-state index in [1.54, 1.807) is 22.9 Å². The fourth-order valence-corrected chi connectivity index (χ4v) is 1.66. The lowest BCUT2D eigenvalue weighted by molar-refractivity contribution is 0.746. The normalized spacial score (nSPS) is 12.6. The van der Waals surface area contributed by atoms with Gasteiger partial charge in [0.2, 0.25) is 0 Å². The van der Waals surface area contributed by atoms with Gasteiger partial charge in [-0.05, 0) is 25.0 Å². The van der Waals surface area contributed by atoms with Crippen LogP contribution in [0.25, 0.3) is 0 Å². The van der Waals surface area contributed by atoms with Crippen LogP contribution in [0.5, 0.6) is 0 Å². The Balaban J connectivity index is 3.03. The Labute approximate surface area is 119 Å². The second kappa shape index (κ2) is 7.80. The van der Waals surface area contributed by atoms with Crippen molar-refractivity contribution in [2.75, 3.05) is 5.88 Å². The minimum atomic E-state index is -0.00431. The van der Waals surface area contributed by atoms with E-state index in [1.165, 1.54) is 0 Å². The summed E-state index contributed by atoms with van der Waals surface area (Å²) >= 11 is 5.76. The third kappa shape index (κ3) is 4.92. The van der Waals surface area contributed by atoms with Crippen LogP contribution in [-0.2, 0) is 6.54 Å². The van der Waals surface area contributed by atoms with E-state index in [9.17, 15) is 4.79 Å². The van der Waals surface area contributed by atoms with Gasteiger partial charge in [-0.2, -0.15) is 0 Å². The predicted octanol–water partition coefficient (Wildman–Crippen LogP) is 3.93. The molecule has 1 aromatic heterocycles. The molecule has 0 amide bonds. The van der Waals surface area contributed by atoms with E-state index in [0.717, 1.165) is 23.1 Å². The van der Waals surface area contributed by atoms with Crippen molar-refractivity contribution < 1.29 is 0 Å². The topological polar surface area (TPSA) is 22.0 Å². The quantitative estimate of drug-likeness (QED) is 0.570. The molecule has 2 nitrogen and oxygen atoms in total. The number of pyridine rings is 1. The molecule has 0 aliphatic rings. The van der Waals surface area contributed by atoms with Crippen LogP contribution < -0.4 is 5.56 Å². The van der Waals surface area contributed by atoms with Crippen LogP contribution in [0.2, 0.25) is 0 Å². The molecule has 0 saturated carbocycles. The molecule has 0 fully saturated rings. The van der Waals surface area contributed by atoms with Gasteiger partial charge >= 0.3 is 0 Å². The third-order valence-electron chi connectivity index (χ3n) is 2.90. The van der Waals surface area contributed by atoms with Gasteiger partial charge in [-0.1, -0.05) is 42.9 Å². The molecule has 0 N–H and O–H groups in total. The number of allylic oxidation sites excluding steroid dienone is 5. The summed E-state index contributed by atoms with van der Waals surface area (Å²) in [4.78, 5) is 11.7. The first kappa shape index (κ1) is 15.5. The second-order valence-electron chi connectivity index (χ2n) is 4.46. The lowest BCUT2D eigenvalue weighted by atomic mass is 10.0. The fourth-order valence-electron chi connectivity index (χ4n) is 1.57. The van der Waals surface area contributed by atoms with Gasteiger partial charge in [-0.3, -0.25) is 4.79 Å². The SMILES string of the molecule is C=C(CC)C(=CC=C(C)CCl)Cn1ccccc1=O. The van der Waals surface area contributed by atoms with Crippen molar-refractivity contribution in [3.8, 4) is 0 Å². The monoisotopic (exact) mass is 277 g/mol. The third-order valence-corrected chi connectivity index (χ3v) is 3.32. The number of hydrogen-bond acceptors (Lipinski definition) is 1. The van der Waals surface area contributed by atoms with Crippen molar-refractivity contribution in [2.45, 2.75) is 26.8 Å². The van der Waals surface area contributed by atoms with Gasteiger partial charge in [0.15, 0.2) is 0 Å². The van der Waals surface area contributed by atoms with E-state index in [-0.39, 0.29) is 5.56 Å². The number of alkyl halides is 1. The number of hydrogen-bond donors (Lipinski definition) is 0. The van der Waals surface area contributed by atoms with E-state index in [1.807, 2.05) is 25.1 Å². The van der Waals surface area contributed by atoms with Crippen molar-refractivity contribution in [3.63, 3.8) is 0 Å². The molecule has 1 rings (SSSR count). The van der Waals surface area contributed by atoms with Crippen molar-refractivity contribution >= 4 is 11.6 Å². The first-order valence-electron chi connectivity index (χ1n) is 6.34. The highest BCUT2D eigenvalue weighted by Crippen LogP contribution is 2.14. The van der Waals surface area contributed by atoms with Gasteiger partial charge in [0, 0.05) is 18.1 Å². The lowest BCUT2D eigenvalue weighted by Gasteiger charge is -2.11. The highest BCUT2D eigenvalue weighted by Gasteiger charge is 2.03. The van der Waals surface area contributed by atoms with Crippen molar-refractivity contribution in [1.82, 2.24) is 4.57 Å². The zero-order chi connectivity index (χ0) is 14.3. The zero-order valence-electron chi connectivity index (χ0n) is 11.5. The molecule has 1 aromatic rings. The van der Waals surface area contributed by atoms with Crippen molar-refractivity contribution in [2.24, 2.45) is 0 Å². The van der Waals surface area contributed by atoms with Crippen LogP contribution in [-0.4, -0.2) is 10.4 Å². The van der Waals surface area contributed by atoms with Gasteiger partial charge in [-0.25, -0.2) is 0 Å². The Hall–Kier alpha value is -1.54. The highest BCUT2D eigenvalue weighted by molar-refractivity contribution is 6.19. The van der Waals surface area contributed by atoms with E-state index in [4.69, 9.17) is 11.6 Å². The van der Waals surface area contributed by atoms with Crippen LogP contribution in [0.4, 0.5) is 0 Å². The minimum Gasteiger partial charge on any atom is -0.311 e. The summed E-state index contributed by atoms with van der Waals surface area (Å²) in [5.74, 6) is 0.508. The molecule has 0 aliphatic carbocycles. The molecule has 1 heterocycles. The molecule has 3 heteroatoms. The van der Waals surface area contributed by atoms with Gasteiger partial charge in [0.1, 0.15) is 0 Å². The van der Waals surface area contributed by atoms with E-state index in [2.05, 4.69) is 13.5 Å². The average Bonchev–Trinajstić information content (AvgIpc) is 2.44. The summed E-state index contributed by atoms with van der Waals surface area (Å²) in [5.41, 5.74) is 3.17. The lowest BCUT2D eigenvalue weighted by Crippen LogP contribution is -2.19. The Morgan fingerprint density at radius 3 is 2.74 bits per heavy atom. The summed E-state index contributed by atoms with van der Waals surface area (Å²) in [7, 11) is 0. The smallest absolute Gasteiger partial charge is 0.250 e. The molecule has 0 aromatic carbocycles. The van der Waals surface area contributed by atoms with Crippen LogP contribution in [0.1, 0.15) is 20.3 Å². The molecule has 0 saturated heterocycles. The maximum atomic E-state index is 11.7. The van der Waals surface area contributed by atoms with Crippen LogP contribution in [0.15, 0.2) is 64.6 Å². The van der Waals surface area contributed by atoms with Gasteiger partial charge in [-0.15, -0.1) is 11.6 Å². The molecule has 0 radical (unpaired) electrons. The molecular weight excluding hydrogens is 258 g/mol. The van der Waals surface area contributed by atoms with E-state index in [0.29, 0.717) is 12.4 Å². The Morgan fingerprint density at radius 2 is 2.16 bits per heavy atom. The molecule has 0 unspecified atom stereocenters. The summed E-state index contributed by atoms with van der Waals surface area (Å²) < 4.78 is 1.68. The molecule has 0 aliphatic heterocycles. The molecule has 102 valence electrons. The second-order valence-corrected chi connectivity index (χ2v) is 4.73. The Bertz CT molecular complexity index is 552. The first-order valence-corrected chi connectivity index (χ1v) is 6.87. The largest absolute Gasteiger partial charge is 0.311 e. The minimum absolute atomic E-state index is 0.00431. The molecule has 0 spiro atoms. The summed E-state index contributed by atoms with van der Waals surface area (Å²) in [6, 6.07) is 5.16. The number of halogens is 1. The Kier molecular flexibility index (Phi) is 6.37. The number of aromatic nitrogens is 1. The summed E-state index contributed by atoms with van der Waals surface area (Å²) in [6.07, 6.45) is 6.64. The molecule has 0 bridgehead atoms. The van der Waals surface area contributed by atoms with Gasteiger partial charge in [0.05, 0.1) is 6.54 Å². The van der Waals surface area contributed by atoms with Crippen molar-refractivity contribution in [3.05, 3.63) is 70.2 Å². The van der Waals surface area contributed by atoms with Gasteiger partial charge < -0.3 is 4.57 Å². The Morgan fingerprint density at radius 1 is 1.42 bits per heavy atom. The average molecular weight is 278 g/mol. The first-order chi connectivity index (χ1) is 9.08. The van der Waals surface area contributed by atoms with Crippen LogP contribution in [0, 0.1) is 0 Å². The van der Waals surface area contributed by atoms with Crippen LogP contribution >= 0.6 is 11.6 Å². The predicted molar refractivity (Wildman–Crippen MR) is 82.7 cm³/mol. The van der Waals surface area contributed by atoms with Gasteiger partial charge in [0.25, 0.3) is 5.56 Å². The van der Waals surface area contributed by atoms with E-state index >= 15 is 0 Å².